The van der Waals surface area contributed by atoms with E-state index in [0.717, 1.165) is 30.7 Å². The predicted molar refractivity (Wildman–Crippen MR) is 109 cm³/mol. The number of aromatic nitrogens is 2. The van der Waals surface area contributed by atoms with E-state index in [-0.39, 0.29) is 11.9 Å². The van der Waals surface area contributed by atoms with Crippen LogP contribution in [0.3, 0.4) is 0 Å². The maximum Gasteiger partial charge on any atom is 0.387 e. The number of rotatable bonds is 7. The normalized spacial score (nSPS) is 24.1. The second-order valence-corrected chi connectivity index (χ2v) is 8.02. The van der Waals surface area contributed by atoms with Gasteiger partial charge in [-0.25, -0.2) is 4.98 Å². The first-order valence-corrected chi connectivity index (χ1v) is 10.5. The Balaban J connectivity index is 1.55. The Morgan fingerprint density at radius 3 is 2.53 bits per heavy atom. The number of halogens is 2. The molecule has 1 aromatic heterocycles. The molecule has 6 nitrogen and oxygen atoms in total. The van der Waals surface area contributed by atoms with Crippen molar-refractivity contribution in [2.45, 2.75) is 57.8 Å². The van der Waals surface area contributed by atoms with E-state index in [2.05, 4.69) is 26.9 Å². The second kappa shape index (κ2) is 9.55. The van der Waals surface area contributed by atoms with E-state index in [9.17, 15) is 8.78 Å². The Hall–Kier alpha value is -2.48. The van der Waals surface area contributed by atoms with E-state index in [1.807, 2.05) is 0 Å². The van der Waals surface area contributed by atoms with Crippen molar-refractivity contribution in [2.75, 3.05) is 18.5 Å². The van der Waals surface area contributed by atoms with Gasteiger partial charge in [0, 0.05) is 18.7 Å². The quantitative estimate of drug-likeness (QED) is 0.688. The lowest BCUT2D eigenvalue weighted by Crippen LogP contribution is -2.26. The van der Waals surface area contributed by atoms with Crippen LogP contribution < -0.4 is 14.8 Å². The fourth-order valence-corrected chi connectivity index (χ4v) is 3.89. The lowest BCUT2D eigenvalue weighted by molar-refractivity contribution is -0.0498. The standard InChI is InChI=1S/C22H27F2N3O3/c1-14-2-6-16(7-3-14)26-22-25-12-19(20(27-22)29-18-10-11-28-13-18)15-4-8-17(9-5-15)30-21(23)24/h4-5,8-9,12,14,16,18,21H,2-3,6-7,10-11,13H2,1H3,(H,25,26,27)/t14-,16-,18-/m0/s1. The number of hydrogen-bond donors (Lipinski definition) is 1. The van der Waals surface area contributed by atoms with Gasteiger partial charge in [0.25, 0.3) is 0 Å². The van der Waals surface area contributed by atoms with Gasteiger partial charge in [0.1, 0.15) is 11.9 Å². The van der Waals surface area contributed by atoms with E-state index in [1.54, 1.807) is 18.3 Å². The summed E-state index contributed by atoms with van der Waals surface area (Å²) in [6.45, 7) is 0.618. The minimum Gasteiger partial charge on any atom is -0.471 e. The molecule has 1 N–H and O–H groups in total. The molecule has 0 bridgehead atoms. The molecule has 1 aromatic carbocycles. The predicted octanol–water partition coefficient (Wildman–Crippen LogP) is 4.90. The second-order valence-electron chi connectivity index (χ2n) is 8.02. The molecule has 2 fully saturated rings. The summed E-state index contributed by atoms with van der Waals surface area (Å²) in [5.41, 5.74) is 1.47. The number of ether oxygens (including phenoxy) is 3. The SMILES string of the molecule is C[C@H]1CC[C@H](Nc2ncc(-c3ccc(OC(F)F)cc3)c(O[C@H]3CCOC3)n2)CC1. The molecule has 0 radical (unpaired) electrons. The van der Waals surface area contributed by atoms with Gasteiger partial charge in [0.05, 0.1) is 18.8 Å². The molecule has 2 heterocycles. The van der Waals surface area contributed by atoms with E-state index >= 15 is 0 Å². The van der Waals surface area contributed by atoms with Gasteiger partial charge in [-0.05, 0) is 49.3 Å². The third-order valence-electron chi connectivity index (χ3n) is 5.66. The van der Waals surface area contributed by atoms with Crippen LogP contribution >= 0.6 is 0 Å². The van der Waals surface area contributed by atoms with Crippen LogP contribution in [0.5, 0.6) is 11.6 Å². The first-order valence-electron chi connectivity index (χ1n) is 10.5. The fourth-order valence-electron chi connectivity index (χ4n) is 3.89. The average Bonchev–Trinajstić information content (AvgIpc) is 3.23. The van der Waals surface area contributed by atoms with Gasteiger partial charge in [0.15, 0.2) is 0 Å². The van der Waals surface area contributed by atoms with Gasteiger partial charge in [-0.2, -0.15) is 13.8 Å². The molecule has 4 rings (SSSR count). The van der Waals surface area contributed by atoms with Crippen molar-refractivity contribution in [3.05, 3.63) is 30.5 Å². The summed E-state index contributed by atoms with van der Waals surface area (Å²) < 4.78 is 40.8. The van der Waals surface area contributed by atoms with Crippen molar-refractivity contribution in [1.29, 1.82) is 0 Å². The Labute approximate surface area is 175 Å². The van der Waals surface area contributed by atoms with Crippen LogP contribution in [0, 0.1) is 5.92 Å². The van der Waals surface area contributed by atoms with Crippen LogP contribution in [0.4, 0.5) is 14.7 Å². The molecule has 1 aliphatic carbocycles. The smallest absolute Gasteiger partial charge is 0.387 e. The zero-order valence-electron chi connectivity index (χ0n) is 17.0. The largest absolute Gasteiger partial charge is 0.471 e. The summed E-state index contributed by atoms with van der Waals surface area (Å²) in [4.78, 5) is 9.13. The van der Waals surface area contributed by atoms with Gasteiger partial charge in [-0.3, -0.25) is 0 Å². The minimum atomic E-state index is -2.85. The zero-order chi connectivity index (χ0) is 20.9. The van der Waals surface area contributed by atoms with Gasteiger partial charge in [-0.1, -0.05) is 19.1 Å². The Bertz CT molecular complexity index is 821. The highest BCUT2D eigenvalue weighted by Crippen LogP contribution is 2.32. The van der Waals surface area contributed by atoms with E-state index in [1.165, 1.54) is 25.0 Å². The highest BCUT2D eigenvalue weighted by Gasteiger charge is 2.23. The first kappa shape index (κ1) is 20.8. The Morgan fingerprint density at radius 2 is 1.87 bits per heavy atom. The topological polar surface area (TPSA) is 65.5 Å². The van der Waals surface area contributed by atoms with Crippen LogP contribution in [0.2, 0.25) is 0 Å². The fraction of sp³-hybridized carbons (Fsp3) is 0.545. The molecular weight excluding hydrogens is 392 g/mol. The molecule has 1 aliphatic heterocycles. The van der Waals surface area contributed by atoms with E-state index < -0.39 is 6.61 Å². The third-order valence-corrected chi connectivity index (χ3v) is 5.66. The zero-order valence-corrected chi connectivity index (χ0v) is 17.0. The van der Waals surface area contributed by atoms with Crippen LogP contribution in [0.15, 0.2) is 30.5 Å². The van der Waals surface area contributed by atoms with E-state index in [0.29, 0.717) is 36.6 Å². The maximum atomic E-state index is 12.4. The number of nitrogens with zero attached hydrogens (tertiary/aromatic N) is 2. The van der Waals surface area contributed by atoms with Crippen molar-refractivity contribution in [3.63, 3.8) is 0 Å². The van der Waals surface area contributed by atoms with Gasteiger partial charge >= 0.3 is 6.61 Å². The lowest BCUT2D eigenvalue weighted by atomic mass is 9.87. The summed E-state index contributed by atoms with van der Waals surface area (Å²) in [7, 11) is 0. The number of hydrogen-bond acceptors (Lipinski definition) is 6. The van der Waals surface area contributed by atoms with Gasteiger partial charge in [0.2, 0.25) is 11.8 Å². The molecule has 0 spiro atoms. The summed E-state index contributed by atoms with van der Waals surface area (Å²) >= 11 is 0. The van der Waals surface area contributed by atoms with Crippen molar-refractivity contribution in [1.82, 2.24) is 9.97 Å². The molecule has 2 aliphatic rings. The minimum absolute atomic E-state index is 0.0662. The van der Waals surface area contributed by atoms with Crippen molar-refractivity contribution in [3.8, 4) is 22.8 Å². The van der Waals surface area contributed by atoms with Gasteiger partial charge in [-0.15, -0.1) is 0 Å². The molecule has 0 amide bonds. The summed E-state index contributed by atoms with van der Waals surface area (Å²) in [5, 5.41) is 3.44. The van der Waals surface area contributed by atoms with Crippen molar-refractivity contribution in [2.24, 2.45) is 5.92 Å². The Kier molecular flexibility index (Phi) is 6.62. The van der Waals surface area contributed by atoms with Crippen LogP contribution in [0.25, 0.3) is 11.1 Å². The third kappa shape index (κ3) is 5.36. The molecule has 0 unspecified atom stereocenters. The molecule has 8 heteroatoms. The number of nitrogens with one attached hydrogen (secondary N) is 1. The molecule has 2 aromatic rings. The highest BCUT2D eigenvalue weighted by atomic mass is 19.3. The molecule has 1 saturated carbocycles. The molecular formula is C22H27F2N3O3. The molecule has 1 saturated heterocycles. The summed E-state index contributed by atoms with van der Waals surface area (Å²) in [5.74, 6) is 1.88. The molecule has 30 heavy (non-hydrogen) atoms. The number of alkyl halides is 2. The molecule has 1 atom stereocenters. The van der Waals surface area contributed by atoms with Crippen molar-refractivity contribution < 1.29 is 23.0 Å². The Morgan fingerprint density at radius 1 is 1.10 bits per heavy atom. The summed E-state index contributed by atoms with van der Waals surface area (Å²) in [6, 6.07) is 6.76. The first-order chi connectivity index (χ1) is 14.6. The van der Waals surface area contributed by atoms with Crippen LogP contribution in [-0.4, -0.2) is 41.9 Å². The molecule has 162 valence electrons. The highest BCUT2D eigenvalue weighted by molar-refractivity contribution is 5.69. The van der Waals surface area contributed by atoms with E-state index in [4.69, 9.17) is 9.47 Å². The van der Waals surface area contributed by atoms with Gasteiger partial charge < -0.3 is 19.5 Å². The lowest BCUT2D eigenvalue weighted by Gasteiger charge is -2.27. The van der Waals surface area contributed by atoms with Crippen LogP contribution in [0.1, 0.15) is 39.0 Å². The summed E-state index contributed by atoms with van der Waals surface area (Å²) in [6.07, 6.45) is 7.05. The van der Waals surface area contributed by atoms with Crippen LogP contribution in [-0.2, 0) is 4.74 Å². The maximum absolute atomic E-state index is 12.4. The monoisotopic (exact) mass is 419 g/mol. The number of anilines is 1. The van der Waals surface area contributed by atoms with Crippen molar-refractivity contribution >= 4 is 5.95 Å². The average molecular weight is 419 g/mol. The number of benzene rings is 1.